The molecule has 1 radical (unpaired) electrons. The van der Waals surface area contributed by atoms with E-state index in [1.54, 1.807) is 12.1 Å². The smallest absolute Gasteiger partial charge is 0.456 e. The van der Waals surface area contributed by atoms with Gasteiger partial charge in [0, 0.05) is 16.8 Å². The molecular formula is C49H33CuF5N4OP2+2. The molecule has 0 aliphatic heterocycles. The van der Waals surface area contributed by atoms with Crippen molar-refractivity contribution in [1.82, 2.24) is 20.2 Å². The average Bonchev–Trinajstić information content (AvgIpc) is 3.81. The number of benzene rings is 7. The van der Waals surface area contributed by atoms with E-state index in [1.165, 1.54) is 44.1 Å². The van der Waals surface area contributed by atoms with Gasteiger partial charge in [0.15, 0.2) is 34.9 Å². The molecule has 0 bridgehead atoms. The Bertz CT molecular complexity index is 2630. The molecule has 0 unspecified atom stereocenters. The molecule has 0 saturated heterocycles. The van der Waals surface area contributed by atoms with Crippen molar-refractivity contribution in [1.29, 1.82) is 0 Å². The van der Waals surface area contributed by atoms with E-state index in [4.69, 9.17) is 4.74 Å². The summed E-state index contributed by atoms with van der Waals surface area (Å²) in [6.07, 6.45) is 1.44. The number of nitrogens with one attached hydrogen (secondary N) is 1. The van der Waals surface area contributed by atoms with Gasteiger partial charge in [0.1, 0.15) is 17.2 Å². The normalized spacial score (nSPS) is 10.8. The number of pyridine rings is 1. The van der Waals surface area contributed by atoms with Crippen LogP contribution in [0.5, 0.6) is 11.5 Å². The molecule has 7 aromatic carbocycles. The van der Waals surface area contributed by atoms with Crippen LogP contribution in [0.25, 0.3) is 22.9 Å². The maximum absolute atomic E-state index is 13.7. The summed E-state index contributed by atoms with van der Waals surface area (Å²) < 4.78 is 73.6. The molecular weight excluding hydrogens is 881 g/mol. The Morgan fingerprint density at radius 3 is 1.19 bits per heavy atom. The average molecular weight is 914 g/mol. The zero-order valence-corrected chi connectivity index (χ0v) is 35.0. The first kappa shape index (κ1) is 43.7. The van der Waals surface area contributed by atoms with Crippen molar-refractivity contribution < 1.29 is 43.8 Å². The van der Waals surface area contributed by atoms with Gasteiger partial charge in [-0.05, 0) is 61.3 Å². The SMILES string of the molecule is Fc1c(F)c(F)c(-c2n[nH]c(-c3ccccn3)n2)c(F)c1F.[Cu+2].c1ccc(P(c2ccccc2)c2ccccc2Oc2ccccc2P(c2ccccc2)c2ccccc2)cc1. The Morgan fingerprint density at radius 1 is 0.419 bits per heavy atom. The number of para-hydroxylation sites is 2. The maximum Gasteiger partial charge on any atom is 2.00 e. The summed E-state index contributed by atoms with van der Waals surface area (Å²) in [5.74, 6) is -9.17. The van der Waals surface area contributed by atoms with Crippen LogP contribution in [0.1, 0.15) is 0 Å². The van der Waals surface area contributed by atoms with Crippen LogP contribution < -0.4 is 36.6 Å². The maximum atomic E-state index is 13.7. The molecule has 0 saturated carbocycles. The van der Waals surface area contributed by atoms with Crippen molar-refractivity contribution in [3.05, 3.63) is 223 Å². The van der Waals surface area contributed by atoms with Crippen LogP contribution in [0.4, 0.5) is 22.0 Å². The molecule has 9 rings (SSSR count). The zero-order valence-electron chi connectivity index (χ0n) is 32.3. The fraction of sp³-hybridized carbons (Fsp3) is 0. The third kappa shape index (κ3) is 9.58. The standard InChI is InChI=1S/C36H28OP2.C13H5F5N4.Cu/c1-5-17-29(18-6-1)38(30-19-7-2-8-20-30)35-27-15-13-25-33(35)37-34-26-14-16-28-36(34)39(31-21-9-3-10-22-31)32-23-11-4-12-24-32;14-7-6(8(15)10(17)11(18)9(7)16)13-20-12(21-22-13)5-3-1-2-4-19-5;/h1-28H;1-4H,(H,20,21,22);/q;;+2. The molecule has 309 valence electrons. The quantitative estimate of drug-likeness (QED) is 0.0488. The van der Waals surface area contributed by atoms with Gasteiger partial charge < -0.3 is 4.74 Å². The van der Waals surface area contributed by atoms with Crippen molar-refractivity contribution in [2.75, 3.05) is 0 Å². The number of H-pyrrole nitrogens is 1. The number of nitrogens with zero attached hydrogens (tertiary/aromatic N) is 3. The first-order valence-corrected chi connectivity index (χ1v) is 21.6. The van der Waals surface area contributed by atoms with E-state index >= 15 is 0 Å². The van der Waals surface area contributed by atoms with Crippen LogP contribution >= 0.6 is 15.8 Å². The van der Waals surface area contributed by atoms with Gasteiger partial charge >= 0.3 is 17.1 Å². The van der Waals surface area contributed by atoms with Crippen LogP contribution in [0, 0.1) is 29.1 Å². The van der Waals surface area contributed by atoms with E-state index in [1.807, 2.05) is 0 Å². The number of hydrogen-bond donors (Lipinski definition) is 1. The van der Waals surface area contributed by atoms with Gasteiger partial charge in [-0.25, -0.2) is 26.9 Å². The topological polar surface area (TPSA) is 63.7 Å². The fourth-order valence-electron chi connectivity index (χ4n) is 6.53. The number of ether oxygens (including phenoxy) is 1. The molecule has 13 heteroatoms. The molecule has 0 spiro atoms. The largest absolute Gasteiger partial charge is 2.00 e. The molecule has 1 N–H and O–H groups in total. The van der Waals surface area contributed by atoms with Gasteiger partial charge in [-0.1, -0.05) is 164 Å². The molecule has 0 fully saturated rings. The molecule has 5 nitrogen and oxygen atoms in total. The van der Waals surface area contributed by atoms with Gasteiger partial charge in [-0.15, -0.1) is 0 Å². The molecule has 2 heterocycles. The van der Waals surface area contributed by atoms with Gasteiger partial charge in [-0.3, -0.25) is 10.1 Å². The summed E-state index contributed by atoms with van der Waals surface area (Å²) in [4.78, 5) is 7.64. The van der Waals surface area contributed by atoms with Gasteiger partial charge in [0.25, 0.3) is 0 Å². The molecule has 62 heavy (non-hydrogen) atoms. The van der Waals surface area contributed by atoms with Crippen molar-refractivity contribution in [3.63, 3.8) is 0 Å². The van der Waals surface area contributed by atoms with E-state index in [9.17, 15) is 22.0 Å². The summed E-state index contributed by atoms with van der Waals surface area (Å²) in [5.41, 5.74) is -0.903. The number of rotatable bonds is 10. The van der Waals surface area contributed by atoms with Crippen LogP contribution in [-0.4, -0.2) is 20.2 Å². The first-order valence-electron chi connectivity index (χ1n) is 18.9. The number of aromatic amines is 1. The van der Waals surface area contributed by atoms with Crippen LogP contribution in [-0.2, 0) is 17.1 Å². The van der Waals surface area contributed by atoms with E-state index < -0.39 is 56.3 Å². The van der Waals surface area contributed by atoms with Crippen LogP contribution in [0.3, 0.4) is 0 Å². The molecule has 2 aromatic heterocycles. The summed E-state index contributed by atoms with van der Waals surface area (Å²) in [6, 6.07) is 65.0. The summed E-state index contributed by atoms with van der Waals surface area (Å²) in [6.45, 7) is 0. The molecule has 0 aliphatic rings. The Balaban J connectivity index is 0.000000214. The first-order chi connectivity index (χ1) is 29.9. The predicted octanol–water partition coefficient (Wildman–Crippen LogP) is 10.2. The Labute approximate surface area is 367 Å². The second-order valence-electron chi connectivity index (χ2n) is 13.2. The van der Waals surface area contributed by atoms with E-state index in [2.05, 4.69) is 190 Å². The molecule has 0 atom stereocenters. The Hall–Kier alpha value is -6.34. The van der Waals surface area contributed by atoms with Crippen molar-refractivity contribution >= 4 is 47.7 Å². The Morgan fingerprint density at radius 2 is 0.790 bits per heavy atom. The second kappa shape index (κ2) is 20.5. The van der Waals surface area contributed by atoms with E-state index in [0.29, 0.717) is 5.69 Å². The number of hydrogen-bond acceptors (Lipinski definition) is 4. The summed E-state index contributed by atoms with van der Waals surface area (Å²) in [7, 11) is -1.59. The third-order valence-corrected chi connectivity index (χ3v) is 14.3. The minimum absolute atomic E-state index is 0. The predicted molar refractivity (Wildman–Crippen MR) is 235 cm³/mol. The van der Waals surface area contributed by atoms with E-state index in [0.717, 1.165) is 11.5 Å². The van der Waals surface area contributed by atoms with Crippen LogP contribution in [0.15, 0.2) is 194 Å². The van der Waals surface area contributed by atoms with Crippen LogP contribution in [0.2, 0.25) is 0 Å². The number of aromatic nitrogens is 4. The monoisotopic (exact) mass is 913 g/mol. The third-order valence-electron chi connectivity index (χ3n) is 9.32. The molecule has 0 aliphatic carbocycles. The molecule has 0 amide bonds. The van der Waals surface area contributed by atoms with Crippen molar-refractivity contribution in [2.45, 2.75) is 0 Å². The van der Waals surface area contributed by atoms with Gasteiger partial charge in [0.05, 0.1) is 5.56 Å². The summed E-state index contributed by atoms with van der Waals surface area (Å²) in [5, 5.41) is 13.5. The number of halogens is 5. The second-order valence-corrected chi connectivity index (χ2v) is 17.6. The molecule has 9 aromatic rings. The summed E-state index contributed by atoms with van der Waals surface area (Å²) >= 11 is 0. The zero-order chi connectivity index (χ0) is 42.1. The minimum Gasteiger partial charge on any atom is -0.456 e. The van der Waals surface area contributed by atoms with Crippen molar-refractivity contribution in [3.8, 4) is 34.4 Å². The van der Waals surface area contributed by atoms with E-state index in [-0.39, 0.29) is 22.9 Å². The van der Waals surface area contributed by atoms with Gasteiger partial charge in [-0.2, -0.15) is 5.10 Å². The fourth-order valence-corrected chi connectivity index (χ4v) is 11.3. The Kier molecular flexibility index (Phi) is 14.4. The van der Waals surface area contributed by atoms with Gasteiger partial charge in [0.2, 0.25) is 5.82 Å². The van der Waals surface area contributed by atoms with Crippen molar-refractivity contribution in [2.24, 2.45) is 0 Å². The minimum atomic E-state index is -2.24.